The van der Waals surface area contributed by atoms with E-state index in [-0.39, 0.29) is 11.8 Å². The Labute approximate surface area is 378 Å². The summed E-state index contributed by atoms with van der Waals surface area (Å²) in [7, 11) is 0. The molecule has 0 spiro atoms. The second-order valence-electron chi connectivity index (χ2n) is 16.7. The summed E-state index contributed by atoms with van der Waals surface area (Å²) in [6.45, 7) is 12.5. The summed E-state index contributed by atoms with van der Waals surface area (Å²) < 4.78 is 0. The molecule has 0 aliphatic carbocycles. The Morgan fingerprint density at radius 2 is 0.683 bits per heavy atom. The van der Waals surface area contributed by atoms with Crippen molar-refractivity contribution >= 4 is 11.8 Å². The van der Waals surface area contributed by atoms with Gasteiger partial charge in [0.1, 0.15) is 0 Å². The molecule has 0 saturated carbocycles. The largest absolute Gasteiger partial charge is 0.352 e. The van der Waals surface area contributed by atoms with Gasteiger partial charge >= 0.3 is 0 Å². The average molecular weight is 863 g/mol. The summed E-state index contributed by atoms with van der Waals surface area (Å²) in [6, 6.07) is 16.2. The van der Waals surface area contributed by atoms with Crippen LogP contribution in [0.4, 0.5) is 0 Å². The number of amides is 2. The predicted octanol–water partition coefficient (Wildman–Crippen LogP) is 8.56. The molecule has 4 rings (SSSR count). The van der Waals surface area contributed by atoms with Crippen LogP contribution in [0.3, 0.4) is 0 Å². The van der Waals surface area contributed by atoms with E-state index in [9.17, 15) is 9.59 Å². The molecule has 4 aromatic rings. The number of pyridine rings is 4. The minimum absolute atomic E-state index is 0.114. The van der Waals surface area contributed by atoms with Crippen molar-refractivity contribution in [2.24, 2.45) is 0 Å². The highest BCUT2D eigenvalue weighted by molar-refractivity contribution is 5.76. The van der Waals surface area contributed by atoms with Gasteiger partial charge in [-0.2, -0.15) is 0 Å². The van der Waals surface area contributed by atoms with Crippen molar-refractivity contribution in [3.05, 3.63) is 95.6 Å². The van der Waals surface area contributed by atoms with E-state index in [1.807, 2.05) is 61.2 Å². The first-order valence-corrected chi connectivity index (χ1v) is 24.2. The lowest BCUT2D eigenvalue weighted by atomic mass is 10.1. The van der Waals surface area contributed by atoms with Crippen molar-refractivity contribution < 1.29 is 9.59 Å². The van der Waals surface area contributed by atoms with Gasteiger partial charge in [-0.15, -0.1) is 0 Å². The van der Waals surface area contributed by atoms with Crippen LogP contribution in [0.2, 0.25) is 0 Å². The van der Waals surface area contributed by atoms with Crippen LogP contribution in [0.25, 0.3) is 22.8 Å². The lowest BCUT2D eigenvalue weighted by Crippen LogP contribution is -2.31. The molecule has 0 fully saturated rings. The Bertz CT molecular complexity index is 1640. The molecule has 0 aliphatic rings. The zero-order valence-corrected chi connectivity index (χ0v) is 38.6. The lowest BCUT2D eigenvalue weighted by Gasteiger charge is -2.09. The predicted molar refractivity (Wildman–Crippen MR) is 258 cm³/mol. The second-order valence-corrected chi connectivity index (χ2v) is 16.7. The van der Waals surface area contributed by atoms with Gasteiger partial charge in [-0.3, -0.25) is 29.5 Å². The third-order valence-corrected chi connectivity index (χ3v) is 11.1. The molecule has 12 nitrogen and oxygen atoms in total. The fourth-order valence-corrected chi connectivity index (χ4v) is 7.19. The molecule has 4 aromatic heterocycles. The monoisotopic (exact) mass is 863 g/mol. The lowest BCUT2D eigenvalue weighted by molar-refractivity contribution is -0.122. The van der Waals surface area contributed by atoms with E-state index in [2.05, 4.69) is 77.8 Å². The van der Waals surface area contributed by atoms with Crippen molar-refractivity contribution in [2.45, 2.75) is 149 Å². The zero-order valence-electron chi connectivity index (χ0n) is 38.6. The first kappa shape index (κ1) is 51.0. The third kappa shape index (κ3) is 23.0. The average Bonchev–Trinajstić information content (AvgIpc) is 3.32. The maximum atomic E-state index is 12.2. The number of rotatable bonds is 36. The Morgan fingerprint density at radius 1 is 0.365 bits per heavy atom. The van der Waals surface area contributed by atoms with E-state index < -0.39 is 0 Å². The van der Waals surface area contributed by atoms with E-state index in [1.165, 1.54) is 64.2 Å². The molecule has 63 heavy (non-hydrogen) atoms. The van der Waals surface area contributed by atoms with Gasteiger partial charge < -0.3 is 31.9 Å². The van der Waals surface area contributed by atoms with Crippen LogP contribution in [-0.4, -0.2) is 71.0 Å². The molecule has 0 bridgehead atoms. The standard InChI is InChI=1S/C51H78N10O2/c1-3-5-7-9-11-13-15-18-50(62)60-40-44-22-26-48(58-38-44)46-24-20-42(36-56-46)34-54-32-30-52-28-17-29-53-31-33-55-35-43-21-25-47(57-37-43)49-27-23-45(39-59-49)41-61-51(63)19-16-14-12-10-8-6-4-2/h20-27,36-39,52-55H,3-19,28-35,40-41H2,1-2H3,(H,60,62)(H,61,63). The second kappa shape index (κ2) is 33.0. The number of carbonyl (C=O) groups excluding carboxylic acids is 2. The van der Waals surface area contributed by atoms with Crippen LogP contribution in [0, 0.1) is 0 Å². The number of hydrogen-bond acceptors (Lipinski definition) is 10. The normalized spacial score (nSPS) is 11.2. The molecule has 2 amide bonds. The van der Waals surface area contributed by atoms with Crippen LogP contribution in [0.5, 0.6) is 0 Å². The van der Waals surface area contributed by atoms with Crippen LogP contribution in [-0.2, 0) is 35.8 Å². The molecule has 4 heterocycles. The maximum Gasteiger partial charge on any atom is 0.220 e. The zero-order chi connectivity index (χ0) is 44.4. The van der Waals surface area contributed by atoms with Crippen molar-refractivity contribution in [3.8, 4) is 22.8 Å². The molecule has 344 valence electrons. The summed E-state index contributed by atoms with van der Waals surface area (Å²) in [5.41, 5.74) is 7.59. The van der Waals surface area contributed by atoms with Gasteiger partial charge in [-0.1, -0.05) is 115 Å². The fraction of sp³-hybridized carbons (Fsp3) is 0.569. The summed E-state index contributed by atoms with van der Waals surface area (Å²) in [6.07, 6.45) is 26.7. The third-order valence-electron chi connectivity index (χ3n) is 11.1. The number of nitrogens with zero attached hydrogens (tertiary/aromatic N) is 4. The van der Waals surface area contributed by atoms with Crippen LogP contribution in [0.1, 0.15) is 145 Å². The molecule has 12 heteroatoms. The van der Waals surface area contributed by atoms with Gasteiger partial charge in [0.15, 0.2) is 0 Å². The Morgan fingerprint density at radius 3 is 1.02 bits per heavy atom. The van der Waals surface area contributed by atoms with Gasteiger partial charge in [-0.25, -0.2) is 0 Å². The molecule has 0 saturated heterocycles. The Balaban J connectivity index is 0.944. The number of nitrogens with one attached hydrogen (secondary N) is 6. The molecule has 0 radical (unpaired) electrons. The molecular weight excluding hydrogens is 785 g/mol. The van der Waals surface area contributed by atoms with Crippen molar-refractivity contribution in [2.75, 3.05) is 39.3 Å². The van der Waals surface area contributed by atoms with E-state index in [0.29, 0.717) is 25.9 Å². The fourth-order valence-electron chi connectivity index (χ4n) is 7.19. The molecular formula is C51H78N10O2. The smallest absolute Gasteiger partial charge is 0.220 e. The van der Waals surface area contributed by atoms with Gasteiger partial charge in [0, 0.05) is 90.0 Å². The van der Waals surface area contributed by atoms with Gasteiger partial charge in [-0.05, 0) is 78.9 Å². The summed E-state index contributed by atoms with van der Waals surface area (Å²) in [5.74, 6) is 0.227. The molecule has 0 aromatic carbocycles. The van der Waals surface area contributed by atoms with Crippen molar-refractivity contribution in [1.82, 2.24) is 51.8 Å². The van der Waals surface area contributed by atoms with Gasteiger partial charge in [0.25, 0.3) is 0 Å². The summed E-state index contributed by atoms with van der Waals surface area (Å²) >= 11 is 0. The minimum atomic E-state index is 0.114. The maximum absolute atomic E-state index is 12.2. The quantitative estimate of drug-likeness (QED) is 0.0245. The first-order chi connectivity index (χ1) is 31.0. The van der Waals surface area contributed by atoms with Crippen molar-refractivity contribution in [3.63, 3.8) is 0 Å². The van der Waals surface area contributed by atoms with E-state index in [4.69, 9.17) is 0 Å². The number of unbranched alkanes of at least 4 members (excludes halogenated alkanes) is 12. The van der Waals surface area contributed by atoms with E-state index in [1.54, 1.807) is 0 Å². The minimum Gasteiger partial charge on any atom is -0.352 e. The van der Waals surface area contributed by atoms with Gasteiger partial charge in [0.2, 0.25) is 11.8 Å². The first-order valence-electron chi connectivity index (χ1n) is 24.2. The summed E-state index contributed by atoms with van der Waals surface area (Å²) in [4.78, 5) is 42.9. The topological polar surface area (TPSA) is 158 Å². The number of carbonyl (C=O) groups is 2. The molecule has 6 N–H and O–H groups in total. The van der Waals surface area contributed by atoms with Crippen molar-refractivity contribution in [1.29, 1.82) is 0 Å². The number of hydrogen-bond donors (Lipinski definition) is 6. The SMILES string of the molecule is CCCCCCCCCC(=O)NCc1ccc(-c2ccc(CNCCNCCCNCCNCc3ccc(-c4ccc(CNC(=O)CCCCCCCCC)cn4)nc3)cn2)nc1. The van der Waals surface area contributed by atoms with Crippen LogP contribution >= 0.6 is 0 Å². The Kier molecular flexibility index (Phi) is 26.7. The van der Waals surface area contributed by atoms with Crippen LogP contribution in [0.15, 0.2) is 73.3 Å². The summed E-state index contributed by atoms with van der Waals surface area (Å²) in [5, 5.41) is 20.1. The van der Waals surface area contributed by atoms with E-state index >= 15 is 0 Å². The highest BCUT2D eigenvalue weighted by Gasteiger charge is 2.07. The molecule has 0 aliphatic heterocycles. The molecule has 0 unspecified atom stereocenters. The number of aromatic nitrogens is 4. The van der Waals surface area contributed by atoms with E-state index in [0.717, 1.165) is 129 Å². The van der Waals surface area contributed by atoms with Gasteiger partial charge in [0.05, 0.1) is 22.8 Å². The van der Waals surface area contributed by atoms with Crippen LogP contribution < -0.4 is 31.9 Å². The highest BCUT2D eigenvalue weighted by Crippen LogP contribution is 2.17. The molecule has 0 atom stereocenters. The highest BCUT2D eigenvalue weighted by atomic mass is 16.2. The Hall–Kier alpha value is -4.62.